The number of fused-ring (bicyclic) bond motifs is 2. The molecule has 0 radical (unpaired) electrons. The van der Waals surface area contributed by atoms with Gasteiger partial charge in [0.2, 0.25) is 0 Å². The van der Waals surface area contributed by atoms with Crippen LogP contribution >= 0.6 is 59.4 Å². The van der Waals surface area contributed by atoms with E-state index in [0.29, 0.717) is 31.9 Å². The number of piperidine rings is 2. The Hall–Kier alpha value is -5.06. The minimum absolute atomic E-state index is 0.252. The van der Waals surface area contributed by atoms with Crippen molar-refractivity contribution in [1.82, 2.24) is 30.6 Å². The van der Waals surface area contributed by atoms with Gasteiger partial charge in [0.25, 0.3) is 0 Å². The van der Waals surface area contributed by atoms with Crippen molar-refractivity contribution >= 4 is 120 Å². The zero-order valence-corrected chi connectivity index (χ0v) is 37.0. The van der Waals surface area contributed by atoms with Crippen molar-refractivity contribution in [1.29, 1.82) is 0 Å². The molecule has 0 saturated carbocycles. The first-order valence-electron chi connectivity index (χ1n) is 19.4. The Morgan fingerprint density at radius 1 is 0.683 bits per heavy atom. The highest BCUT2D eigenvalue weighted by molar-refractivity contribution is 7.98. The maximum atomic E-state index is 11.7. The predicted octanol–water partition coefficient (Wildman–Crippen LogP) is 8.99. The van der Waals surface area contributed by atoms with Gasteiger partial charge < -0.3 is 35.8 Å². The molecule has 310 valence electrons. The number of ether oxygens (including phenoxy) is 1. The van der Waals surface area contributed by atoms with Gasteiger partial charge in [-0.15, -0.1) is 11.8 Å². The molecule has 0 spiro atoms. The Labute approximate surface area is 374 Å². The van der Waals surface area contributed by atoms with Crippen LogP contribution in [0.3, 0.4) is 0 Å². The van der Waals surface area contributed by atoms with Crippen LogP contribution in [0, 0.1) is 0 Å². The first-order chi connectivity index (χ1) is 29.1. The lowest BCUT2D eigenvalue weighted by Gasteiger charge is -2.34. The van der Waals surface area contributed by atoms with Crippen LogP contribution in [0.5, 0.6) is 0 Å². The first kappa shape index (κ1) is 43.0. The number of methoxy groups -OCH3 is 1. The quantitative estimate of drug-likeness (QED) is 0.0658. The van der Waals surface area contributed by atoms with Gasteiger partial charge in [0.05, 0.1) is 23.7 Å². The van der Waals surface area contributed by atoms with Crippen LogP contribution in [0.2, 0.25) is 10.0 Å². The first-order valence-corrected chi connectivity index (χ1v) is 22.2. The molecule has 2 aliphatic heterocycles. The van der Waals surface area contributed by atoms with Gasteiger partial charge in [0.15, 0.2) is 10.2 Å². The second kappa shape index (κ2) is 20.5. The fourth-order valence-corrected chi connectivity index (χ4v) is 8.62. The molecule has 2 aliphatic rings. The lowest BCUT2D eigenvalue weighted by atomic mass is 10.0. The van der Waals surface area contributed by atoms with Crippen LogP contribution in [-0.4, -0.2) is 87.8 Å². The maximum absolute atomic E-state index is 11.7. The summed E-state index contributed by atoms with van der Waals surface area (Å²) >= 11 is 24.9. The number of nitrogens with one attached hydrogen (secondary N) is 4. The fraction of sp³-hybridized carbons (Fsp3) is 0.279. The van der Waals surface area contributed by atoms with Crippen LogP contribution < -0.4 is 31.1 Å². The molecule has 0 amide bonds. The summed E-state index contributed by atoms with van der Waals surface area (Å²) in [5.74, 6) is 1.52. The zero-order chi connectivity index (χ0) is 42.0. The second-order valence-electron chi connectivity index (χ2n) is 14.2. The molecule has 8 rings (SSSR count). The monoisotopic (exact) mass is 898 g/mol. The van der Waals surface area contributed by atoms with Gasteiger partial charge in [-0.3, -0.25) is 0 Å². The van der Waals surface area contributed by atoms with Crippen LogP contribution in [0.15, 0.2) is 102 Å². The van der Waals surface area contributed by atoms with Crippen molar-refractivity contribution in [2.45, 2.75) is 42.7 Å². The number of thiocarbonyl (C=S) groups is 2. The van der Waals surface area contributed by atoms with Crippen LogP contribution in [-0.2, 0) is 4.74 Å². The third-order valence-electron chi connectivity index (χ3n) is 10.3. The minimum Gasteiger partial charge on any atom is -0.465 e. The van der Waals surface area contributed by atoms with Gasteiger partial charge in [-0.2, -0.15) is 0 Å². The Morgan fingerprint density at radius 3 is 1.65 bits per heavy atom. The van der Waals surface area contributed by atoms with E-state index in [1.54, 1.807) is 42.6 Å². The van der Waals surface area contributed by atoms with Gasteiger partial charge in [0, 0.05) is 75.4 Å². The average molecular weight is 900 g/mol. The summed E-state index contributed by atoms with van der Waals surface area (Å²) in [6, 6.07) is 27.4. The highest BCUT2D eigenvalue weighted by Gasteiger charge is 2.24. The third kappa shape index (κ3) is 11.2. The van der Waals surface area contributed by atoms with Crippen molar-refractivity contribution in [2.24, 2.45) is 0 Å². The second-order valence-corrected chi connectivity index (χ2v) is 16.8. The van der Waals surface area contributed by atoms with E-state index < -0.39 is 0 Å². The van der Waals surface area contributed by atoms with Gasteiger partial charge in [0.1, 0.15) is 24.3 Å². The highest BCUT2D eigenvalue weighted by Crippen LogP contribution is 2.29. The maximum Gasteiger partial charge on any atom is 0.337 e. The number of carbonyl (C=O) groups is 1. The summed E-state index contributed by atoms with van der Waals surface area (Å²) in [5, 5.41) is 17.9. The van der Waals surface area contributed by atoms with E-state index >= 15 is 0 Å². The lowest BCUT2D eigenvalue weighted by molar-refractivity contribution is 0.0600. The van der Waals surface area contributed by atoms with E-state index in [0.717, 1.165) is 96.7 Å². The molecule has 4 aromatic carbocycles. The fourth-order valence-electron chi connectivity index (χ4n) is 7.25. The standard InChI is InChI=1S/C22H22ClN5O2S.C21H22ClN5S2/c1-30-21(29)14-3-2-4-17(11-14)27-22(31)26-16-7-9-28(10-8-16)20-18-6-5-15(23)12-19(18)24-13-25-20;1-29-17-4-2-3-16(12-17)26-21(28)25-15-7-9-27(10-8-15)20-18-6-5-14(22)11-19(18)23-13-24-20/h2-6,11-13,16H,7-10H2,1H3,(H2,26,27,31);2-6,11-13,15H,7-10H2,1H3,(H2,25,26,28). The number of carbonyl (C=O) groups excluding carboxylic acids is 1. The number of anilines is 4. The largest absolute Gasteiger partial charge is 0.465 e. The van der Waals surface area contributed by atoms with Crippen molar-refractivity contribution in [2.75, 3.05) is 60.0 Å². The zero-order valence-electron chi connectivity index (χ0n) is 33.0. The molecule has 0 atom stereocenters. The number of aromatic nitrogens is 4. The van der Waals surface area contributed by atoms with E-state index in [4.69, 9.17) is 52.4 Å². The topological polar surface area (TPSA) is 132 Å². The van der Waals surface area contributed by atoms with Gasteiger partial charge in [-0.05, 0) is 129 Å². The van der Waals surface area contributed by atoms with Crippen LogP contribution in [0.1, 0.15) is 36.0 Å². The van der Waals surface area contributed by atoms with Crippen LogP contribution in [0.4, 0.5) is 23.0 Å². The van der Waals surface area contributed by atoms with Gasteiger partial charge in [-0.25, -0.2) is 24.7 Å². The number of thioether (sulfide) groups is 1. The van der Waals surface area contributed by atoms with E-state index in [1.165, 1.54) is 12.0 Å². The molecule has 12 nitrogen and oxygen atoms in total. The number of rotatable bonds is 8. The van der Waals surface area contributed by atoms with E-state index in [9.17, 15) is 4.79 Å². The average Bonchev–Trinajstić information content (AvgIpc) is 3.26. The summed E-state index contributed by atoms with van der Waals surface area (Å²) in [5.41, 5.74) is 3.95. The molecule has 6 aromatic rings. The predicted molar refractivity (Wildman–Crippen MR) is 254 cm³/mol. The molecule has 2 aromatic heterocycles. The SMILES string of the molecule is COC(=O)c1cccc(NC(=S)NC2CCN(c3ncnc4cc(Cl)ccc34)CC2)c1.CSc1cccc(NC(=S)NC2CCN(c3ncnc4cc(Cl)ccc34)CC2)c1. The molecule has 4 N–H and O–H groups in total. The summed E-state index contributed by atoms with van der Waals surface area (Å²) in [4.78, 5) is 35.2. The summed E-state index contributed by atoms with van der Waals surface area (Å²) < 4.78 is 4.76. The summed E-state index contributed by atoms with van der Waals surface area (Å²) in [6.07, 6.45) is 9.09. The molecule has 4 heterocycles. The van der Waals surface area contributed by atoms with E-state index in [-0.39, 0.29) is 12.0 Å². The van der Waals surface area contributed by atoms with E-state index in [2.05, 4.69) is 69.4 Å². The number of benzene rings is 4. The normalized spacial score (nSPS) is 14.5. The molecule has 2 saturated heterocycles. The number of esters is 1. The Bertz CT molecular complexity index is 2480. The van der Waals surface area contributed by atoms with Crippen molar-refractivity contribution in [3.05, 3.63) is 113 Å². The molecule has 0 unspecified atom stereocenters. The van der Waals surface area contributed by atoms with Crippen molar-refractivity contribution < 1.29 is 9.53 Å². The minimum atomic E-state index is -0.380. The summed E-state index contributed by atoms with van der Waals surface area (Å²) in [6.45, 7) is 3.54. The molecule has 60 heavy (non-hydrogen) atoms. The highest BCUT2D eigenvalue weighted by atomic mass is 35.5. The molecular weight excluding hydrogens is 856 g/mol. The molecule has 2 fully saturated rings. The van der Waals surface area contributed by atoms with Gasteiger partial charge >= 0.3 is 5.97 Å². The number of nitrogens with zero attached hydrogens (tertiary/aromatic N) is 6. The molecular formula is C43H44Cl2N10O2S3. The smallest absolute Gasteiger partial charge is 0.337 e. The Morgan fingerprint density at radius 2 is 1.17 bits per heavy atom. The number of hydrogen-bond donors (Lipinski definition) is 4. The van der Waals surface area contributed by atoms with Crippen molar-refractivity contribution in [3.63, 3.8) is 0 Å². The number of halogens is 2. The Kier molecular flexibility index (Phi) is 14.7. The Balaban J connectivity index is 0.000000182. The summed E-state index contributed by atoms with van der Waals surface area (Å²) in [7, 11) is 1.36. The molecule has 0 aliphatic carbocycles. The van der Waals surface area contributed by atoms with Crippen LogP contribution in [0.25, 0.3) is 21.8 Å². The third-order valence-corrected chi connectivity index (χ3v) is 11.9. The molecule has 17 heteroatoms. The van der Waals surface area contributed by atoms with Gasteiger partial charge in [-0.1, -0.05) is 35.3 Å². The van der Waals surface area contributed by atoms with E-state index in [1.807, 2.05) is 54.6 Å². The molecule has 0 bridgehead atoms. The lowest BCUT2D eigenvalue weighted by Crippen LogP contribution is -2.46. The number of hydrogen-bond acceptors (Lipinski definition) is 11. The van der Waals surface area contributed by atoms with Crippen molar-refractivity contribution in [3.8, 4) is 0 Å².